The van der Waals surface area contributed by atoms with E-state index >= 15 is 0 Å². The minimum absolute atomic E-state index is 0.326. The van der Waals surface area contributed by atoms with E-state index in [1.54, 1.807) is 25.6 Å². The number of imidazole rings is 1. The lowest BCUT2D eigenvalue weighted by Gasteiger charge is -2.09. The molecule has 3 rings (SSSR count). The van der Waals surface area contributed by atoms with Gasteiger partial charge in [-0.3, -0.25) is 13.9 Å². The molecule has 0 aliphatic carbocycles. The third-order valence-corrected chi connectivity index (χ3v) is 4.91. The van der Waals surface area contributed by atoms with Crippen LogP contribution in [0.2, 0.25) is 0 Å². The number of nitrogens with zero attached hydrogens (tertiary/aromatic N) is 4. The van der Waals surface area contributed by atoms with Crippen LogP contribution in [0.1, 0.15) is 31.7 Å². The quantitative estimate of drug-likeness (QED) is 0.575. The van der Waals surface area contributed by atoms with Crippen LogP contribution in [0.5, 0.6) is 0 Å². The second-order valence-corrected chi connectivity index (χ2v) is 7.15. The number of aliphatic hydroxyl groups is 1. The van der Waals surface area contributed by atoms with Crippen LogP contribution in [0.25, 0.3) is 11.2 Å². The number of rotatable bonds is 8. The van der Waals surface area contributed by atoms with Crippen molar-refractivity contribution in [2.75, 3.05) is 5.32 Å². The molecular formula is C20H27N5O3. The number of nitrogens with one attached hydrogen (secondary N) is 1. The first-order valence-corrected chi connectivity index (χ1v) is 9.52. The monoisotopic (exact) mass is 385 g/mol. The molecule has 28 heavy (non-hydrogen) atoms. The molecule has 0 aliphatic heterocycles. The fraction of sp³-hybridized carbons (Fsp3) is 0.450. The molecular weight excluding hydrogens is 358 g/mol. The smallest absolute Gasteiger partial charge is 0.332 e. The number of anilines is 1. The molecule has 1 atom stereocenters. The van der Waals surface area contributed by atoms with Gasteiger partial charge in [-0.05, 0) is 31.7 Å². The Bertz CT molecular complexity index is 1060. The molecule has 2 aromatic heterocycles. The minimum Gasteiger partial charge on any atom is -0.393 e. The fourth-order valence-corrected chi connectivity index (χ4v) is 3.29. The summed E-state index contributed by atoms with van der Waals surface area (Å²) in [6.07, 6.45) is 1.68. The van der Waals surface area contributed by atoms with Gasteiger partial charge in [0.05, 0.1) is 6.10 Å². The van der Waals surface area contributed by atoms with Crippen LogP contribution < -0.4 is 16.6 Å². The van der Waals surface area contributed by atoms with Crippen LogP contribution >= 0.6 is 0 Å². The lowest BCUT2D eigenvalue weighted by atomic mass is 10.2. The standard InChI is InChI=1S/C20H27N5O3/c1-14(26)9-7-8-12-25-18(27)16-17(24(3)20(25)28)22-19(23(16)2)21-13-15-10-5-4-6-11-15/h4-6,10-11,14,26H,7-9,12-13H2,1-3H3,(H,21,22). The number of fused-ring (bicyclic) bond motifs is 1. The first kappa shape index (κ1) is 19.9. The first-order valence-electron chi connectivity index (χ1n) is 9.52. The molecule has 2 N–H and O–H groups in total. The maximum Gasteiger partial charge on any atom is 0.332 e. The van der Waals surface area contributed by atoms with E-state index in [1.165, 1.54) is 9.13 Å². The van der Waals surface area contributed by atoms with Gasteiger partial charge in [-0.25, -0.2) is 4.79 Å². The molecule has 0 spiro atoms. The summed E-state index contributed by atoms with van der Waals surface area (Å²) in [6, 6.07) is 9.90. The summed E-state index contributed by atoms with van der Waals surface area (Å²) in [5.74, 6) is 0.540. The van der Waals surface area contributed by atoms with Crippen molar-refractivity contribution in [1.29, 1.82) is 0 Å². The molecule has 8 heteroatoms. The van der Waals surface area contributed by atoms with Crippen molar-refractivity contribution in [2.24, 2.45) is 14.1 Å². The van der Waals surface area contributed by atoms with E-state index in [0.29, 0.717) is 43.0 Å². The topological polar surface area (TPSA) is 94.1 Å². The molecule has 0 aliphatic rings. The van der Waals surface area contributed by atoms with Gasteiger partial charge in [0.2, 0.25) is 5.95 Å². The number of aryl methyl sites for hydroxylation is 2. The summed E-state index contributed by atoms with van der Waals surface area (Å²) in [6.45, 7) is 2.63. The molecule has 0 saturated carbocycles. The van der Waals surface area contributed by atoms with Crippen LogP contribution in [-0.2, 0) is 27.2 Å². The van der Waals surface area contributed by atoms with E-state index in [1.807, 2.05) is 30.3 Å². The van der Waals surface area contributed by atoms with Gasteiger partial charge in [0.1, 0.15) is 0 Å². The highest BCUT2D eigenvalue weighted by atomic mass is 16.3. The lowest BCUT2D eigenvalue weighted by molar-refractivity contribution is 0.180. The van der Waals surface area contributed by atoms with E-state index in [9.17, 15) is 14.7 Å². The number of hydrogen-bond donors (Lipinski definition) is 2. The van der Waals surface area contributed by atoms with Crippen molar-refractivity contribution in [3.05, 3.63) is 56.7 Å². The number of unbranched alkanes of at least 4 members (excludes halogenated alkanes) is 1. The van der Waals surface area contributed by atoms with Crippen LogP contribution in [0.3, 0.4) is 0 Å². The van der Waals surface area contributed by atoms with Crippen molar-refractivity contribution in [3.8, 4) is 0 Å². The first-order chi connectivity index (χ1) is 13.4. The minimum atomic E-state index is -0.377. The Hall–Kier alpha value is -2.87. The van der Waals surface area contributed by atoms with Crippen molar-refractivity contribution in [2.45, 2.75) is 45.4 Å². The van der Waals surface area contributed by atoms with E-state index in [4.69, 9.17) is 0 Å². The molecule has 3 aromatic rings. The maximum atomic E-state index is 12.9. The maximum absolute atomic E-state index is 12.9. The fourth-order valence-electron chi connectivity index (χ4n) is 3.29. The van der Waals surface area contributed by atoms with Gasteiger partial charge >= 0.3 is 5.69 Å². The summed E-state index contributed by atoms with van der Waals surface area (Å²) in [4.78, 5) is 30.1. The average molecular weight is 385 g/mol. The molecule has 0 fully saturated rings. The van der Waals surface area contributed by atoms with Crippen molar-refractivity contribution < 1.29 is 5.11 Å². The Morgan fingerprint density at radius 3 is 2.50 bits per heavy atom. The Kier molecular flexibility index (Phi) is 5.99. The normalized spacial score (nSPS) is 12.4. The third-order valence-electron chi connectivity index (χ3n) is 4.91. The van der Waals surface area contributed by atoms with Crippen LogP contribution in [0, 0.1) is 0 Å². The van der Waals surface area contributed by atoms with Gasteiger partial charge in [-0.15, -0.1) is 0 Å². The van der Waals surface area contributed by atoms with Crippen molar-refractivity contribution in [1.82, 2.24) is 18.7 Å². The number of hydrogen-bond acceptors (Lipinski definition) is 5. The summed E-state index contributed by atoms with van der Waals surface area (Å²) in [7, 11) is 3.40. The predicted octanol–water partition coefficient (Wildman–Crippen LogP) is 1.60. The summed E-state index contributed by atoms with van der Waals surface area (Å²) in [5, 5.41) is 12.6. The second kappa shape index (κ2) is 8.43. The highest BCUT2D eigenvalue weighted by Gasteiger charge is 2.18. The zero-order valence-electron chi connectivity index (χ0n) is 16.6. The zero-order valence-corrected chi connectivity index (χ0v) is 16.6. The molecule has 150 valence electrons. The molecule has 0 bridgehead atoms. The Morgan fingerprint density at radius 1 is 1.11 bits per heavy atom. The van der Waals surface area contributed by atoms with Crippen molar-refractivity contribution >= 4 is 17.1 Å². The second-order valence-electron chi connectivity index (χ2n) is 7.15. The Morgan fingerprint density at radius 2 is 1.82 bits per heavy atom. The highest BCUT2D eigenvalue weighted by molar-refractivity contribution is 5.74. The van der Waals surface area contributed by atoms with Crippen molar-refractivity contribution in [3.63, 3.8) is 0 Å². The Balaban J connectivity index is 1.90. The molecule has 2 heterocycles. The van der Waals surface area contributed by atoms with Gasteiger partial charge in [-0.2, -0.15) is 4.98 Å². The van der Waals surface area contributed by atoms with Gasteiger partial charge in [0.25, 0.3) is 5.56 Å². The van der Waals surface area contributed by atoms with E-state index in [-0.39, 0.29) is 17.4 Å². The Labute approximate surface area is 163 Å². The summed E-state index contributed by atoms with van der Waals surface area (Å²) >= 11 is 0. The van der Waals surface area contributed by atoms with Crippen LogP contribution in [0.15, 0.2) is 39.9 Å². The summed E-state index contributed by atoms with van der Waals surface area (Å²) in [5.41, 5.74) is 1.15. The SMILES string of the molecule is CC(O)CCCCn1c(=O)c2c(nc(NCc3ccccc3)n2C)n(C)c1=O. The highest BCUT2D eigenvalue weighted by Crippen LogP contribution is 2.14. The van der Waals surface area contributed by atoms with Gasteiger partial charge in [-0.1, -0.05) is 30.3 Å². The molecule has 0 radical (unpaired) electrons. The van der Waals surface area contributed by atoms with Gasteiger partial charge < -0.3 is 15.0 Å². The van der Waals surface area contributed by atoms with E-state index in [0.717, 1.165) is 12.0 Å². The van der Waals surface area contributed by atoms with E-state index < -0.39 is 0 Å². The third kappa shape index (κ3) is 4.01. The van der Waals surface area contributed by atoms with Crippen LogP contribution in [-0.4, -0.2) is 29.9 Å². The molecule has 0 amide bonds. The van der Waals surface area contributed by atoms with E-state index in [2.05, 4.69) is 10.3 Å². The molecule has 0 saturated heterocycles. The predicted molar refractivity (Wildman–Crippen MR) is 110 cm³/mol. The zero-order chi connectivity index (χ0) is 20.3. The molecule has 1 aromatic carbocycles. The van der Waals surface area contributed by atoms with Crippen LogP contribution in [0.4, 0.5) is 5.95 Å². The lowest BCUT2D eigenvalue weighted by Crippen LogP contribution is -2.39. The number of aliphatic hydroxyl groups excluding tert-OH is 1. The largest absolute Gasteiger partial charge is 0.393 e. The average Bonchev–Trinajstić information content (AvgIpc) is 3.01. The molecule has 1 unspecified atom stereocenters. The number of benzene rings is 1. The van der Waals surface area contributed by atoms with Gasteiger partial charge in [0.15, 0.2) is 11.2 Å². The molecule has 8 nitrogen and oxygen atoms in total. The number of aromatic nitrogens is 4. The summed E-state index contributed by atoms with van der Waals surface area (Å²) < 4.78 is 4.37. The van der Waals surface area contributed by atoms with Gasteiger partial charge in [0, 0.05) is 27.2 Å².